The predicted molar refractivity (Wildman–Crippen MR) is 174 cm³/mol. The van der Waals surface area contributed by atoms with E-state index in [2.05, 4.69) is 41.5 Å². The Hall–Kier alpha value is -2.72. The molecule has 2 aromatic rings. The molecule has 1 unspecified atom stereocenters. The summed E-state index contributed by atoms with van der Waals surface area (Å²) in [5.74, 6) is 1.18. The molecule has 2 aromatic carbocycles. The van der Waals surface area contributed by atoms with Crippen molar-refractivity contribution in [1.82, 2.24) is 10.6 Å². The van der Waals surface area contributed by atoms with Gasteiger partial charge in [0.15, 0.2) is 0 Å². The first-order valence-corrected chi connectivity index (χ1v) is 16.7. The van der Waals surface area contributed by atoms with Gasteiger partial charge in [-0.3, -0.25) is 4.79 Å². The Morgan fingerprint density at radius 2 is 1.98 bits per heavy atom. The highest BCUT2D eigenvalue weighted by molar-refractivity contribution is 5.81. The van der Waals surface area contributed by atoms with Crippen molar-refractivity contribution in [3.05, 3.63) is 59.4 Å². The first-order chi connectivity index (χ1) is 21.6. The molecular formula is C36H52FN3O5. The minimum Gasteiger partial charge on any atom is -0.479 e. The molecule has 5 rings (SSSR count). The van der Waals surface area contributed by atoms with Crippen LogP contribution in [0.5, 0.6) is 5.75 Å². The maximum Gasteiger partial charge on any atom is 0.225 e. The zero-order chi connectivity index (χ0) is 31.9. The van der Waals surface area contributed by atoms with Crippen molar-refractivity contribution < 1.29 is 28.1 Å². The summed E-state index contributed by atoms with van der Waals surface area (Å²) in [7, 11) is 1.72. The van der Waals surface area contributed by atoms with E-state index in [1.807, 2.05) is 19.1 Å². The maximum absolute atomic E-state index is 14.1. The Morgan fingerprint density at radius 1 is 1.16 bits per heavy atom. The molecule has 0 bridgehead atoms. The first-order valence-electron chi connectivity index (χ1n) is 16.7. The third-order valence-electron chi connectivity index (χ3n) is 9.62. The van der Waals surface area contributed by atoms with Gasteiger partial charge >= 0.3 is 0 Å². The normalized spacial score (nSPS) is 24.2. The van der Waals surface area contributed by atoms with E-state index < -0.39 is 11.0 Å². The van der Waals surface area contributed by atoms with Gasteiger partial charge in [-0.25, -0.2) is 4.39 Å². The number of amides is 1. The lowest BCUT2D eigenvalue weighted by Crippen LogP contribution is -2.48. The highest BCUT2D eigenvalue weighted by atomic mass is 19.1. The highest BCUT2D eigenvalue weighted by Gasteiger charge is 2.38. The largest absolute Gasteiger partial charge is 0.479 e. The molecule has 0 radical (unpaired) electrons. The summed E-state index contributed by atoms with van der Waals surface area (Å²) in [5.41, 5.74) is 1.83. The molecule has 3 heterocycles. The van der Waals surface area contributed by atoms with Crippen LogP contribution in [0.4, 0.5) is 10.1 Å². The maximum atomic E-state index is 14.1. The number of fused-ring (bicyclic) bond motifs is 1. The summed E-state index contributed by atoms with van der Waals surface area (Å²) in [6.45, 7) is 11.8. The summed E-state index contributed by atoms with van der Waals surface area (Å²) in [4.78, 5) is 15.3. The molecule has 0 aromatic heterocycles. The van der Waals surface area contributed by atoms with Crippen molar-refractivity contribution in [2.24, 2.45) is 11.3 Å². The van der Waals surface area contributed by atoms with Crippen LogP contribution in [0, 0.1) is 17.2 Å². The lowest BCUT2D eigenvalue weighted by molar-refractivity contribution is -0.130. The topological polar surface area (TPSA) is 81.3 Å². The van der Waals surface area contributed by atoms with Gasteiger partial charge in [0.25, 0.3) is 0 Å². The van der Waals surface area contributed by atoms with Gasteiger partial charge in [0.2, 0.25) is 5.91 Å². The molecule has 248 valence electrons. The summed E-state index contributed by atoms with van der Waals surface area (Å²) >= 11 is 0. The number of hydrogen-bond donors (Lipinski definition) is 2. The number of methoxy groups -OCH3 is 1. The number of nitrogens with zero attached hydrogens (tertiary/aromatic N) is 1. The van der Waals surface area contributed by atoms with Gasteiger partial charge < -0.3 is 34.5 Å². The van der Waals surface area contributed by atoms with E-state index in [9.17, 15) is 9.18 Å². The van der Waals surface area contributed by atoms with Crippen LogP contribution in [0.2, 0.25) is 0 Å². The van der Waals surface area contributed by atoms with E-state index in [1.165, 1.54) is 6.07 Å². The number of anilines is 1. The Bertz CT molecular complexity index is 1260. The second-order valence-corrected chi connectivity index (χ2v) is 13.9. The average molecular weight is 626 g/mol. The Labute approximate surface area is 268 Å². The molecule has 45 heavy (non-hydrogen) atoms. The van der Waals surface area contributed by atoms with E-state index in [-0.39, 0.29) is 17.8 Å². The smallest absolute Gasteiger partial charge is 0.225 e. The molecule has 0 spiro atoms. The van der Waals surface area contributed by atoms with Crippen LogP contribution in [0.15, 0.2) is 42.5 Å². The third kappa shape index (κ3) is 8.97. The van der Waals surface area contributed by atoms with Crippen molar-refractivity contribution in [3.63, 3.8) is 0 Å². The van der Waals surface area contributed by atoms with Gasteiger partial charge in [0.1, 0.15) is 17.2 Å². The molecule has 1 amide bonds. The summed E-state index contributed by atoms with van der Waals surface area (Å²) in [5, 5.41) is 6.85. The van der Waals surface area contributed by atoms with Gasteiger partial charge in [0.05, 0.1) is 24.9 Å². The Balaban J connectivity index is 1.13. The van der Waals surface area contributed by atoms with Gasteiger partial charge in [-0.15, -0.1) is 0 Å². The van der Waals surface area contributed by atoms with Crippen molar-refractivity contribution in [3.8, 4) is 5.75 Å². The minimum absolute atomic E-state index is 0.119. The number of hydrogen-bond acceptors (Lipinski definition) is 7. The first kappa shape index (κ1) is 33.6. The second kappa shape index (κ2) is 15.2. The lowest BCUT2D eigenvalue weighted by Gasteiger charge is -2.43. The molecule has 2 N–H and O–H groups in total. The molecule has 3 aliphatic rings. The van der Waals surface area contributed by atoms with Gasteiger partial charge in [0, 0.05) is 58.0 Å². The van der Waals surface area contributed by atoms with Gasteiger partial charge in [-0.1, -0.05) is 32.0 Å². The zero-order valence-electron chi connectivity index (χ0n) is 27.5. The summed E-state index contributed by atoms with van der Waals surface area (Å²) in [6.07, 6.45) is 5.78. The van der Waals surface area contributed by atoms with Crippen molar-refractivity contribution in [2.45, 2.75) is 83.6 Å². The van der Waals surface area contributed by atoms with Crippen LogP contribution in [0.3, 0.4) is 0 Å². The van der Waals surface area contributed by atoms with E-state index in [0.29, 0.717) is 31.7 Å². The fraction of sp³-hybridized carbons (Fsp3) is 0.639. The van der Waals surface area contributed by atoms with E-state index in [0.717, 1.165) is 93.9 Å². The van der Waals surface area contributed by atoms with Crippen LogP contribution in [0.1, 0.15) is 70.4 Å². The van der Waals surface area contributed by atoms with Crippen molar-refractivity contribution in [2.75, 3.05) is 58.0 Å². The number of rotatable bonds is 13. The van der Waals surface area contributed by atoms with Crippen LogP contribution in [-0.2, 0) is 31.2 Å². The van der Waals surface area contributed by atoms with Gasteiger partial charge in [-0.05, 0) is 86.8 Å². The quantitative estimate of drug-likeness (QED) is 0.282. The Kier molecular flexibility index (Phi) is 11.4. The Morgan fingerprint density at radius 3 is 2.71 bits per heavy atom. The van der Waals surface area contributed by atoms with Crippen LogP contribution in [0.25, 0.3) is 0 Å². The second-order valence-electron chi connectivity index (χ2n) is 13.9. The molecule has 3 aliphatic heterocycles. The average Bonchev–Trinajstić information content (AvgIpc) is 3.04. The molecule has 0 aliphatic carbocycles. The van der Waals surface area contributed by atoms with Crippen molar-refractivity contribution in [1.29, 1.82) is 0 Å². The number of piperidine rings is 1. The highest BCUT2D eigenvalue weighted by Crippen LogP contribution is 2.42. The molecule has 2 fully saturated rings. The molecule has 8 nitrogen and oxygen atoms in total. The van der Waals surface area contributed by atoms with Crippen LogP contribution < -0.4 is 20.3 Å². The number of carbonyl (C=O) groups is 1. The fourth-order valence-corrected chi connectivity index (χ4v) is 6.83. The van der Waals surface area contributed by atoms with E-state index in [1.54, 1.807) is 19.2 Å². The predicted octanol–water partition coefficient (Wildman–Crippen LogP) is 5.57. The number of benzene rings is 2. The summed E-state index contributed by atoms with van der Waals surface area (Å²) in [6, 6.07) is 13.2. The minimum atomic E-state index is -0.676. The number of ether oxygens (including phenoxy) is 4. The van der Waals surface area contributed by atoms with Crippen LogP contribution >= 0.6 is 0 Å². The van der Waals surface area contributed by atoms with E-state index >= 15 is 0 Å². The molecule has 9 heteroatoms. The molecule has 3 atom stereocenters. The zero-order valence-corrected chi connectivity index (χ0v) is 27.5. The number of nitrogens with one attached hydrogen (secondary N) is 2. The number of carbonyl (C=O) groups excluding carboxylic acids is 1. The lowest BCUT2D eigenvalue weighted by atomic mass is 9.82. The molecule has 0 saturated carbocycles. The standard InChI is InChI=1S/C36H52FN3O5/c1-35(2,34(41)39-22-26-13-17-43-18-14-26)21-30-10-11-31(23-38-30)44-24-27-9-12-33-32(19-27)40(15-6-16-42-4)25-36(3,45-33)28-7-5-8-29(37)20-28/h5,7-9,12,19-20,26,30-31,38H,6,10-11,13-18,21-25H2,1-4H3,(H,39,41)/t30-,31+,36?/m0/s1. The van der Waals surface area contributed by atoms with E-state index in [4.69, 9.17) is 18.9 Å². The molecular weight excluding hydrogens is 573 g/mol. The van der Waals surface area contributed by atoms with Crippen LogP contribution in [-0.4, -0.2) is 71.2 Å². The fourth-order valence-electron chi connectivity index (χ4n) is 6.83. The monoisotopic (exact) mass is 625 g/mol. The molecule has 2 saturated heterocycles. The summed E-state index contributed by atoms with van der Waals surface area (Å²) < 4.78 is 37.8. The van der Waals surface area contributed by atoms with Crippen molar-refractivity contribution >= 4 is 11.6 Å². The SMILES string of the molecule is COCCCN1CC(C)(c2cccc(F)c2)Oc2ccc(CO[C@@H]3CC[C@@H](CC(C)(C)C(=O)NCC4CCOCC4)NC3)cc21. The van der Waals surface area contributed by atoms with Gasteiger partial charge in [-0.2, -0.15) is 0 Å². The number of halogens is 1. The third-order valence-corrected chi connectivity index (χ3v) is 9.62.